The minimum atomic E-state index is -1.02. The minimum absolute atomic E-state index is 0.0108. The summed E-state index contributed by atoms with van der Waals surface area (Å²) in [7, 11) is 0. The van der Waals surface area contributed by atoms with Crippen molar-refractivity contribution in [2.75, 3.05) is 12.0 Å². The predicted octanol–water partition coefficient (Wildman–Crippen LogP) is 2.41. The highest BCUT2D eigenvalue weighted by molar-refractivity contribution is 7.98. The molecular weight excluding hydrogens is 290 g/mol. The van der Waals surface area contributed by atoms with Gasteiger partial charge in [0.05, 0.1) is 6.10 Å². The van der Waals surface area contributed by atoms with E-state index in [1.54, 1.807) is 36.0 Å². The van der Waals surface area contributed by atoms with Crippen molar-refractivity contribution in [2.45, 2.75) is 32.4 Å². The minimum Gasteiger partial charge on any atom is -0.491 e. The Kier molecular flexibility index (Phi) is 7.08. The van der Waals surface area contributed by atoms with Gasteiger partial charge in [-0.2, -0.15) is 11.8 Å². The predicted molar refractivity (Wildman–Crippen MR) is 84.1 cm³/mol. The Balaban J connectivity index is 2.75. The van der Waals surface area contributed by atoms with Crippen LogP contribution in [0.2, 0.25) is 0 Å². The first-order chi connectivity index (χ1) is 9.93. The van der Waals surface area contributed by atoms with Crippen molar-refractivity contribution in [3.8, 4) is 5.75 Å². The van der Waals surface area contributed by atoms with E-state index in [-0.39, 0.29) is 6.10 Å². The van der Waals surface area contributed by atoms with Crippen LogP contribution in [-0.4, -0.2) is 41.1 Å². The third-order valence-electron chi connectivity index (χ3n) is 2.68. The van der Waals surface area contributed by atoms with Crippen LogP contribution in [0.3, 0.4) is 0 Å². The van der Waals surface area contributed by atoms with Crippen molar-refractivity contribution in [3.63, 3.8) is 0 Å². The average Bonchev–Trinajstić information content (AvgIpc) is 2.42. The molecule has 1 rings (SSSR count). The first-order valence-electron chi connectivity index (χ1n) is 6.73. The maximum absolute atomic E-state index is 12.1. The molecule has 1 aromatic rings. The quantitative estimate of drug-likeness (QED) is 0.771. The van der Waals surface area contributed by atoms with Crippen LogP contribution in [0.4, 0.5) is 0 Å². The van der Waals surface area contributed by atoms with Crippen LogP contribution in [0.5, 0.6) is 5.75 Å². The van der Waals surface area contributed by atoms with Gasteiger partial charge in [0, 0.05) is 5.56 Å². The highest BCUT2D eigenvalue weighted by atomic mass is 32.2. The Morgan fingerprint density at radius 1 is 1.38 bits per heavy atom. The first kappa shape index (κ1) is 17.4. The topological polar surface area (TPSA) is 75.6 Å². The number of carbonyl (C=O) groups is 2. The highest BCUT2D eigenvalue weighted by Gasteiger charge is 2.20. The van der Waals surface area contributed by atoms with Crippen molar-refractivity contribution in [2.24, 2.45) is 0 Å². The third-order valence-corrected chi connectivity index (χ3v) is 3.33. The summed E-state index contributed by atoms with van der Waals surface area (Å²) in [4.78, 5) is 23.3. The molecule has 0 spiro atoms. The normalized spacial score (nSPS) is 12.0. The second kappa shape index (κ2) is 8.56. The largest absolute Gasteiger partial charge is 0.491 e. The summed E-state index contributed by atoms with van der Waals surface area (Å²) >= 11 is 1.54. The summed E-state index contributed by atoms with van der Waals surface area (Å²) in [6.45, 7) is 3.80. The molecule has 6 heteroatoms. The Bertz CT molecular complexity index is 490. The van der Waals surface area contributed by atoms with E-state index >= 15 is 0 Å². The monoisotopic (exact) mass is 311 g/mol. The SMILES string of the molecule is CSCCC(NC(=O)c1cccc(OC(C)C)c1)C(=O)O. The van der Waals surface area contributed by atoms with Gasteiger partial charge in [-0.3, -0.25) is 4.79 Å². The lowest BCUT2D eigenvalue weighted by Gasteiger charge is -2.15. The van der Waals surface area contributed by atoms with Gasteiger partial charge in [-0.25, -0.2) is 4.79 Å². The molecule has 1 unspecified atom stereocenters. The zero-order chi connectivity index (χ0) is 15.8. The van der Waals surface area contributed by atoms with Gasteiger partial charge in [0.2, 0.25) is 0 Å². The number of carboxylic acid groups (broad SMARTS) is 1. The van der Waals surface area contributed by atoms with Crippen molar-refractivity contribution < 1.29 is 19.4 Å². The summed E-state index contributed by atoms with van der Waals surface area (Å²) in [6.07, 6.45) is 2.30. The van der Waals surface area contributed by atoms with E-state index in [0.717, 1.165) is 0 Å². The molecule has 0 heterocycles. The molecule has 2 N–H and O–H groups in total. The fourth-order valence-electron chi connectivity index (χ4n) is 1.72. The molecule has 5 nitrogen and oxygen atoms in total. The van der Waals surface area contributed by atoms with Gasteiger partial charge in [-0.15, -0.1) is 0 Å². The standard InChI is InChI=1S/C15H21NO4S/c1-10(2)20-12-6-4-5-11(9-12)14(17)16-13(15(18)19)7-8-21-3/h4-6,9-10,13H,7-8H2,1-3H3,(H,16,17)(H,18,19). The number of carbonyl (C=O) groups excluding carboxylic acids is 1. The third kappa shape index (κ3) is 6.08. The Hall–Kier alpha value is -1.69. The van der Waals surface area contributed by atoms with E-state index in [0.29, 0.717) is 23.5 Å². The summed E-state index contributed by atoms with van der Waals surface area (Å²) < 4.78 is 5.52. The van der Waals surface area contributed by atoms with Gasteiger partial charge in [0.1, 0.15) is 11.8 Å². The van der Waals surface area contributed by atoms with E-state index in [1.807, 2.05) is 20.1 Å². The first-order valence-corrected chi connectivity index (χ1v) is 8.12. The number of hydrogen-bond donors (Lipinski definition) is 2. The van der Waals surface area contributed by atoms with Gasteiger partial charge in [-0.1, -0.05) is 6.07 Å². The number of amides is 1. The fraction of sp³-hybridized carbons (Fsp3) is 0.467. The summed E-state index contributed by atoms with van der Waals surface area (Å²) in [5, 5.41) is 11.7. The number of thioether (sulfide) groups is 1. The van der Waals surface area contributed by atoms with Crippen LogP contribution >= 0.6 is 11.8 Å². The molecular formula is C15H21NO4S. The number of rotatable bonds is 8. The van der Waals surface area contributed by atoms with Crippen molar-refractivity contribution in [1.29, 1.82) is 0 Å². The second-order valence-corrected chi connectivity index (χ2v) is 5.83. The van der Waals surface area contributed by atoms with E-state index in [2.05, 4.69) is 5.32 Å². The molecule has 116 valence electrons. The molecule has 1 amide bonds. The summed E-state index contributed by atoms with van der Waals surface area (Å²) in [6, 6.07) is 5.85. The maximum atomic E-state index is 12.1. The van der Waals surface area contributed by atoms with Crippen LogP contribution < -0.4 is 10.1 Å². The molecule has 0 saturated heterocycles. The number of nitrogens with one attached hydrogen (secondary N) is 1. The number of aliphatic carboxylic acids is 1. The molecule has 21 heavy (non-hydrogen) atoms. The van der Waals surface area contributed by atoms with E-state index in [9.17, 15) is 9.59 Å². The second-order valence-electron chi connectivity index (χ2n) is 4.84. The van der Waals surface area contributed by atoms with Gasteiger partial charge in [-0.05, 0) is 50.5 Å². The van der Waals surface area contributed by atoms with E-state index in [4.69, 9.17) is 9.84 Å². The van der Waals surface area contributed by atoms with Crippen LogP contribution in [0.1, 0.15) is 30.6 Å². The molecule has 0 bridgehead atoms. The highest BCUT2D eigenvalue weighted by Crippen LogP contribution is 2.15. The number of hydrogen-bond acceptors (Lipinski definition) is 4. The molecule has 0 fully saturated rings. The Labute approximate surface area is 129 Å². The molecule has 0 saturated carbocycles. The van der Waals surface area contributed by atoms with Crippen molar-refractivity contribution in [3.05, 3.63) is 29.8 Å². The van der Waals surface area contributed by atoms with Crippen molar-refractivity contribution >= 4 is 23.6 Å². The van der Waals surface area contributed by atoms with Crippen molar-refractivity contribution in [1.82, 2.24) is 5.32 Å². The molecule has 0 aliphatic heterocycles. The molecule has 0 aliphatic carbocycles. The Morgan fingerprint density at radius 2 is 2.10 bits per heavy atom. The zero-order valence-electron chi connectivity index (χ0n) is 12.5. The lowest BCUT2D eigenvalue weighted by molar-refractivity contribution is -0.139. The van der Waals surface area contributed by atoms with E-state index < -0.39 is 17.9 Å². The van der Waals surface area contributed by atoms with Crippen LogP contribution in [-0.2, 0) is 4.79 Å². The van der Waals surface area contributed by atoms with Gasteiger partial charge in [0.15, 0.2) is 0 Å². The number of benzene rings is 1. The Morgan fingerprint density at radius 3 is 2.67 bits per heavy atom. The molecule has 0 aromatic heterocycles. The molecule has 0 aliphatic rings. The van der Waals surface area contributed by atoms with Crippen LogP contribution in [0, 0.1) is 0 Å². The van der Waals surface area contributed by atoms with E-state index in [1.165, 1.54) is 0 Å². The zero-order valence-corrected chi connectivity index (χ0v) is 13.3. The lowest BCUT2D eigenvalue weighted by atomic mass is 10.1. The number of ether oxygens (including phenoxy) is 1. The fourth-order valence-corrected chi connectivity index (χ4v) is 2.19. The summed E-state index contributed by atoms with van der Waals surface area (Å²) in [5.41, 5.74) is 0.392. The molecule has 0 radical (unpaired) electrons. The summed E-state index contributed by atoms with van der Waals surface area (Å²) in [5.74, 6) is -0.161. The molecule has 1 aromatic carbocycles. The smallest absolute Gasteiger partial charge is 0.326 e. The van der Waals surface area contributed by atoms with Gasteiger partial charge in [0.25, 0.3) is 5.91 Å². The molecule has 1 atom stereocenters. The average molecular weight is 311 g/mol. The maximum Gasteiger partial charge on any atom is 0.326 e. The van der Waals surface area contributed by atoms with Crippen LogP contribution in [0.25, 0.3) is 0 Å². The van der Waals surface area contributed by atoms with Gasteiger partial charge < -0.3 is 15.2 Å². The number of carboxylic acids is 1. The van der Waals surface area contributed by atoms with Gasteiger partial charge >= 0.3 is 5.97 Å². The lowest BCUT2D eigenvalue weighted by Crippen LogP contribution is -2.41. The van der Waals surface area contributed by atoms with Crippen LogP contribution in [0.15, 0.2) is 24.3 Å².